The first kappa shape index (κ1) is 88.9. The van der Waals surface area contributed by atoms with Crippen molar-refractivity contribution in [3.8, 4) is 0 Å². The van der Waals surface area contributed by atoms with E-state index in [-0.39, 0.29) is 125 Å². The van der Waals surface area contributed by atoms with Gasteiger partial charge in [-0.15, -0.1) is 0 Å². The van der Waals surface area contributed by atoms with Gasteiger partial charge in [-0.1, -0.05) is 18.6 Å². The summed E-state index contributed by atoms with van der Waals surface area (Å²) in [6.45, 7) is 5.53. The van der Waals surface area contributed by atoms with Crippen LogP contribution in [0.2, 0.25) is 0 Å². The summed E-state index contributed by atoms with van der Waals surface area (Å²) in [6.07, 6.45) is 4.36. The number of hydrogen-bond acceptors (Lipinski definition) is 23. The van der Waals surface area contributed by atoms with Gasteiger partial charge in [0.05, 0.1) is 97.5 Å². The number of carboxylic acids is 5. The fourth-order valence-electron chi connectivity index (χ4n) is 11.5. The van der Waals surface area contributed by atoms with Gasteiger partial charge in [-0.25, -0.2) is 9.59 Å². The van der Waals surface area contributed by atoms with Gasteiger partial charge in [0.25, 0.3) is 11.8 Å². The van der Waals surface area contributed by atoms with Crippen LogP contribution in [0.15, 0.2) is 42.5 Å². The molecule has 2 aromatic rings. The van der Waals surface area contributed by atoms with Crippen molar-refractivity contribution in [2.75, 3.05) is 201 Å². The molecule has 5 rings (SSSR count). The lowest BCUT2D eigenvalue weighted by atomic mass is 10.0. The Morgan fingerprint density at radius 1 is 0.538 bits per heavy atom. The summed E-state index contributed by atoms with van der Waals surface area (Å²) in [5.74, 6) is -6.51. The first-order valence-corrected chi connectivity index (χ1v) is 37.5. The molecule has 0 aromatic heterocycles. The van der Waals surface area contributed by atoms with E-state index >= 15 is 0 Å². The Morgan fingerprint density at radius 2 is 1.01 bits per heavy atom. The molecule has 0 saturated carbocycles. The lowest BCUT2D eigenvalue weighted by Gasteiger charge is -2.37. The van der Waals surface area contributed by atoms with E-state index in [1.165, 1.54) is 6.07 Å². The third kappa shape index (κ3) is 38.2. The molecular weight excluding hydrogens is 1450 g/mol. The van der Waals surface area contributed by atoms with E-state index in [0.29, 0.717) is 159 Å². The van der Waals surface area contributed by atoms with E-state index in [9.17, 15) is 73.5 Å². The molecule has 3 aliphatic rings. The van der Waals surface area contributed by atoms with Crippen molar-refractivity contribution in [2.24, 2.45) is 0 Å². The Labute approximate surface area is 632 Å². The highest BCUT2D eigenvalue weighted by molar-refractivity contribution is 8.00. The van der Waals surface area contributed by atoms with E-state index in [4.69, 9.17) is 52.9 Å². The van der Waals surface area contributed by atoms with Crippen LogP contribution >= 0.6 is 36.2 Å². The number of anilines is 2. The van der Waals surface area contributed by atoms with Crippen molar-refractivity contribution in [2.45, 2.75) is 93.6 Å². The first-order valence-electron chi connectivity index (χ1n) is 35.6. The van der Waals surface area contributed by atoms with E-state index < -0.39 is 66.1 Å². The number of nitrogens with one attached hydrogen (secondary N) is 10. The lowest BCUT2D eigenvalue weighted by Crippen LogP contribution is -2.53. The van der Waals surface area contributed by atoms with Crippen molar-refractivity contribution in [3.05, 3.63) is 59.2 Å². The lowest BCUT2D eigenvalue weighted by molar-refractivity contribution is -0.143. The number of nitrogens with zero attached hydrogens (tertiary/aromatic N) is 4. The largest absolute Gasteiger partial charge is 0.480 e. The molecular formula is C68H106N14O21S3. The van der Waals surface area contributed by atoms with Gasteiger partial charge >= 0.3 is 35.9 Å². The second-order valence-electron chi connectivity index (χ2n) is 25.3. The molecule has 0 spiro atoms. The zero-order valence-electron chi connectivity index (χ0n) is 60.1. The number of carbonyl (C=O) groups is 10. The van der Waals surface area contributed by atoms with Gasteiger partial charge in [-0.05, 0) is 105 Å². The molecule has 0 bridgehead atoms. The number of thioether (sulfide) groups is 1. The average molecular weight is 1550 g/mol. The molecule has 6 amide bonds. The molecule has 5 atom stereocenters. The average Bonchev–Trinajstić information content (AvgIpc) is 1.67. The minimum atomic E-state index is -1.35. The second-order valence-corrected chi connectivity index (χ2v) is 27.3. The van der Waals surface area contributed by atoms with E-state index in [2.05, 4.69) is 53.2 Å². The van der Waals surface area contributed by atoms with Crippen LogP contribution in [0.3, 0.4) is 0 Å². The van der Waals surface area contributed by atoms with Crippen molar-refractivity contribution in [1.29, 1.82) is 0 Å². The molecule has 3 aliphatic heterocycles. The topological polar surface area (TPSA) is 460 Å². The van der Waals surface area contributed by atoms with Crippen molar-refractivity contribution in [1.82, 2.24) is 62.1 Å². The van der Waals surface area contributed by atoms with Gasteiger partial charge < -0.3 is 107 Å². The van der Waals surface area contributed by atoms with Gasteiger partial charge in [0.1, 0.15) is 6.04 Å². The molecule has 592 valence electrons. The Hall–Kier alpha value is -7.73. The number of unbranched alkanes of at least 4 members (excludes halogenated alkanes) is 1. The minimum absolute atomic E-state index is 0.0806. The zero-order valence-corrected chi connectivity index (χ0v) is 62.5. The van der Waals surface area contributed by atoms with Crippen LogP contribution in [0.5, 0.6) is 0 Å². The summed E-state index contributed by atoms with van der Waals surface area (Å²) in [6, 6.07) is 10.3. The number of carboxylic acid groups (broad SMARTS) is 5. The highest BCUT2D eigenvalue weighted by Gasteiger charge is 2.42. The van der Waals surface area contributed by atoms with Crippen molar-refractivity contribution < 1.29 is 102 Å². The summed E-state index contributed by atoms with van der Waals surface area (Å²) in [5.41, 5.74) is 2.47. The van der Waals surface area contributed by atoms with Crippen LogP contribution in [0, 0.1) is 0 Å². The maximum absolute atomic E-state index is 13.3. The first-order chi connectivity index (χ1) is 51.0. The number of rotatable bonds is 51. The van der Waals surface area contributed by atoms with Crippen molar-refractivity contribution >= 4 is 117 Å². The Balaban J connectivity index is 0.853. The van der Waals surface area contributed by atoms with Crippen molar-refractivity contribution in [3.63, 3.8) is 0 Å². The third-order valence-corrected chi connectivity index (χ3v) is 18.9. The van der Waals surface area contributed by atoms with E-state index in [1.807, 2.05) is 24.3 Å². The summed E-state index contributed by atoms with van der Waals surface area (Å²) < 4.78 is 33.8. The summed E-state index contributed by atoms with van der Waals surface area (Å²) >= 11 is 12.6. The van der Waals surface area contributed by atoms with Gasteiger partial charge in [-0.3, -0.25) is 58.0 Å². The quantitative estimate of drug-likeness (QED) is 0.0235. The van der Waals surface area contributed by atoms with Crippen LogP contribution in [0.1, 0.15) is 84.1 Å². The van der Waals surface area contributed by atoms with Crippen LogP contribution < -0.4 is 53.2 Å². The fraction of sp³-hybridized carbons (Fsp3) is 0.647. The molecule has 15 N–H and O–H groups in total. The molecule has 106 heavy (non-hydrogen) atoms. The molecule has 3 saturated heterocycles. The normalized spacial score (nSPS) is 17.6. The van der Waals surface area contributed by atoms with Crippen LogP contribution in [0.4, 0.5) is 16.2 Å². The number of carbonyl (C=O) groups excluding carboxylic acids is 5. The van der Waals surface area contributed by atoms with Crippen LogP contribution in [-0.2, 0) is 68.4 Å². The Kier molecular flexibility index (Phi) is 43.2. The monoisotopic (exact) mass is 1550 g/mol. The number of hydrogen-bond donors (Lipinski definition) is 15. The van der Waals surface area contributed by atoms with Gasteiger partial charge in [0, 0.05) is 151 Å². The maximum atomic E-state index is 13.3. The molecule has 2 aromatic carbocycles. The van der Waals surface area contributed by atoms with Gasteiger partial charge in [0.15, 0.2) is 10.2 Å². The molecule has 3 fully saturated rings. The molecule has 3 heterocycles. The Bertz CT molecular complexity index is 3120. The molecule has 0 aliphatic carbocycles. The molecule has 38 heteroatoms. The standard InChI is InChI=1S/C68H106N14O21S3/c1-69-67(104)75-51-38-48(63(93)71-15-5-25-99-29-33-102-32-28-98-24-4-14-70-57(84)40-53(65(95)96)76-56(83)9-3-2-8-55-62-54(46-106-55)77-66(97)78-62)37-49(39-51)64(94)72-16-6-26-100-30-34-103-35-31-101-27-7-17-73-68(105)74-50-12-10-47(11-13-50)36-52-41-81(44-60(89)90)21-20-79(42-58(85)86)18-19-80(43-59(87)88)22-23-82(52)45-61(91)92/h10-13,37-39,52-55,62H,2-9,14-36,40-46H2,1H3,(H,70,84)(H,71,93)(H,72,94)(H,76,83)(H,85,86)(H,87,88)(H,89,90)(H,91,92)(H,95,96)(H2,69,75,104)(H2,73,74,105)(H2,77,78,97). The summed E-state index contributed by atoms with van der Waals surface area (Å²) in [7, 11) is 1.64. The van der Waals surface area contributed by atoms with Gasteiger partial charge in [0.2, 0.25) is 11.8 Å². The van der Waals surface area contributed by atoms with E-state index in [0.717, 1.165) is 24.2 Å². The fourth-order valence-corrected chi connectivity index (χ4v) is 13.4. The molecule has 5 unspecified atom stereocenters. The smallest absolute Gasteiger partial charge is 0.326 e. The summed E-state index contributed by atoms with van der Waals surface area (Å²) in [4.78, 5) is 129. The predicted molar refractivity (Wildman–Crippen MR) is 401 cm³/mol. The van der Waals surface area contributed by atoms with Crippen LogP contribution in [0.25, 0.3) is 0 Å². The predicted octanol–water partition coefficient (Wildman–Crippen LogP) is -0.0184. The highest BCUT2D eigenvalue weighted by Crippen LogP contribution is 2.33. The number of benzene rings is 2. The summed E-state index contributed by atoms with van der Waals surface area (Å²) in [5, 5.41) is 78.1. The number of ether oxygens (including phenoxy) is 6. The number of fused-ring (bicyclic) bond motifs is 1. The second kappa shape index (κ2) is 51.5. The number of amides is 6. The number of thiocarbonyl (C=S) groups is 2. The SMILES string of the molecule is CNC(=S)Nc1cc(C(=O)NCCCOCCOCCOCCCNC(=O)CC(NC(=O)CCCCC2SCC3NC(=O)NC32)C(=O)O)cc(C(=O)NCCCOCCOCCOCCCNC(=S)Nc2ccc(CC3CN(CC(=O)O)CCN(CC(=O)O)CCN(CC(=O)O)CCN3CC(=O)O)cc2)c1. The number of aliphatic carboxylic acids is 5. The van der Waals surface area contributed by atoms with Gasteiger partial charge in [-0.2, -0.15) is 11.8 Å². The highest BCUT2D eigenvalue weighted by atomic mass is 32.2. The maximum Gasteiger partial charge on any atom is 0.326 e. The molecule has 35 nitrogen and oxygen atoms in total. The van der Waals surface area contributed by atoms with Crippen LogP contribution in [-0.4, -0.2) is 335 Å². The Morgan fingerprint density at radius 3 is 1.52 bits per heavy atom. The van der Waals surface area contributed by atoms with E-state index in [1.54, 1.807) is 50.5 Å². The zero-order chi connectivity index (χ0) is 76.9. The minimum Gasteiger partial charge on any atom is -0.480 e. The number of urea groups is 1. The third-order valence-electron chi connectivity index (χ3n) is 16.8. The molecule has 0 radical (unpaired) electrons.